The largest absolute Gasteiger partial charge is 0.495 e. The minimum absolute atomic E-state index is 0.00501. The van der Waals surface area contributed by atoms with Gasteiger partial charge in [-0.2, -0.15) is 0 Å². The third kappa shape index (κ3) is 6.09. The lowest BCUT2D eigenvalue weighted by atomic mass is 9.82. The van der Waals surface area contributed by atoms with Crippen molar-refractivity contribution in [1.82, 2.24) is 4.90 Å². The van der Waals surface area contributed by atoms with E-state index in [4.69, 9.17) is 15.2 Å². The van der Waals surface area contributed by atoms with Crippen molar-refractivity contribution in [2.75, 3.05) is 25.5 Å². The lowest BCUT2D eigenvalue weighted by molar-refractivity contribution is -0.0308. The average molecular weight is 404 g/mol. The van der Waals surface area contributed by atoms with E-state index >= 15 is 0 Å². The number of carbonyl (C=O) groups excluding carboxylic acids is 1. The molecule has 6 heteroatoms. The number of hydrogen-bond donors (Lipinski definition) is 2. The topological polar surface area (TPSA) is 76.8 Å². The Bertz CT molecular complexity index is 653. The molecule has 0 aromatic heterocycles. The lowest BCUT2D eigenvalue weighted by Gasteiger charge is -2.48. The Kier molecular flexibility index (Phi) is 8.19. The molecule has 6 nitrogen and oxygen atoms in total. The number of ether oxygens (including phenoxy) is 2. The predicted molar refractivity (Wildman–Crippen MR) is 117 cm³/mol. The number of nitrogens with two attached hydrogens (primary N) is 1. The molecule has 29 heavy (non-hydrogen) atoms. The number of aryl methyl sites for hydroxylation is 1. The number of unbranched alkanes of at least 4 members (excludes halogenated alkanes) is 3. The van der Waals surface area contributed by atoms with Crippen LogP contribution in [-0.4, -0.2) is 49.4 Å². The van der Waals surface area contributed by atoms with E-state index in [1.54, 1.807) is 7.11 Å². The summed E-state index contributed by atoms with van der Waals surface area (Å²) in [5, 5.41) is 2.87. The Labute approximate surface area is 175 Å². The summed E-state index contributed by atoms with van der Waals surface area (Å²) in [6.07, 6.45) is 10.1. The number of fused-ring (bicyclic) bond motifs is 2. The molecule has 1 amide bonds. The molecule has 2 atom stereocenters. The molecule has 0 aliphatic carbocycles. The molecule has 2 unspecified atom stereocenters. The van der Waals surface area contributed by atoms with Crippen LogP contribution in [0, 0.1) is 6.92 Å². The standard InChI is InChI=1S/C23H37N3O3/c1-17-10-11-22(28-2)21(14-17)25-23(27)29-20-15-18-8-7-9-19(16-20)26(18)13-6-4-3-5-12-24/h10-11,14,18-20H,3-9,12-13,15-16,24H2,1-2H3,(H,25,27). The van der Waals surface area contributed by atoms with Gasteiger partial charge in [-0.3, -0.25) is 10.2 Å². The molecular weight excluding hydrogens is 366 g/mol. The van der Waals surface area contributed by atoms with Crippen LogP contribution in [0.5, 0.6) is 5.75 Å². The number of methoxy groups -OCH3 is 1. The molecule has 1 aromatic carbocycles. The average Bonchev–Trinajstić information content (AvgIpc) is 2.68. The second-order valence-electron chi connectivity index (χ2n) is 8.51. The van der Waals surface area contributed by atoms with E-state index in [0.29, 0.717) is 23.5 Å². The van der Waals surface area contributed by atoms with Crippen LogP contribution >= 0.6 is 0 Å². The molecule has 3 N–H and O–H groups in total. The van der Waals surface area contributed by atoms with Crippen LogP contribution < -0.4 is 15.8 Å². The van der Waals surface area contributed by atoms with Gasteiger partial charge < -0.3 is 15.2 Å². The maximum Gasteiger partial charge on any atom is 0.412 e. The second kappa shape index (κ2) is 10.8. The quantitative estimate of drug-likeness (QED) is 0.596. The molecule has 2 aliphatic heterocycles. The van der Waals surface area contributed by atoms with Gasteiger partial charge in [-0.1, -0.05) is 25.3 Å². The number of carbonyl (C=O) groups is 1. The van der Waals surface area contributed by atoms with Crippen LogP contribution in [0.15, 0.2) is 18.2 Å². The highest BCUT2D eigenvalue weighted by atomic mass is 16.6. The smallest absolute Gasteiger partial charge is 0.412 e. The van der Waals surface area contributed by atoms with Gasteiger partial charge in [0.2, 0.25) is 0 Å². The molecule has 1 aromatic rings. The van der Waals surface area contributed by atoms with E-state index in [2.05, 4.69) is 10.2 Å². The van der Waals surface area contributed by atoms with E-state index < -0.39 is 0 Å². The fourth-order valence-corrected chi connectivity index (χ4v) is 4.89. The third-order valence-corrected chi connectivity index (χ3v) is 6.32. The van der Waals surface area contributed by atoms with E-state index in [0.717, 1.165) is 31.4 Å². The molecule has 0 spiro atoms. The summed E-state index contributed by atoms with van der Waals surface area (Å²) >= 11 is 0. The fraction of sp³-hybridized carbons (Fsp3) is 0.696. The zero-order valence-corrected chi connectivity index (χ0v) is 18.0. The molecule has 2 aliphatic rings. The van der Waals surface area contributed by atoms with E-state index in [1.165, 1.54) is 45.1 Å². The summed E-state index contributed by atoms with van der Waals surface area (Å²) in [5.41, 5.74) is 7.32. The number of nitrogens with one attached hydrogen (secondary N) is 1. The molecule has 2 heterocycles. The van der Waals surface area contributed by atoms with Crippen molar-refractivity contribution >= 4 is 11.8 Å². The zero-order valence-electron chi connectivity index (χ0n) is 18.0. The highest BCUT2D eigenvalue weighted by Crippen LogP contribution is 2.36. The van der Waals surface area contributed by atoms with E-state index in [-0.39, 0.29) is 12.2 Å². The van der Waals surface area contributed by atoms with Crippen molar-refractivity contribution in [3.8, 4) is 5.75 Å². The molecule has 2 saturated heterocycles. The minimum Gasteiger partial charge on any atom is -0.495 e. The second-order valence-corrected chi connectivity index (χ2v) is 8.51. The number of benzene rings is 1. The molecule has 2 bridgehead atoms. The maximum absolute atomic E-state index is 12.5. The zero-order chi connectivity index (χ0) is 20.6. The monoisotopic (exact) mass is 403 g/mol. The summed E-state index contributed by atoms with van der Waals surface area (Å²) < 4.78 is 11.2. The number of nitrogens with zero attached hydrogens (tertiary/aromatic N) is 1. The lowest BCUT2D eigenvalue weighted by Crippen LogP contribution is -2.54. The van der Waals surface area contributed by atoms with E-state index in [1.807, 2.05) is 25.1 Å². The highest BCUT2D eigenvalue weighted by molar-refractivity contribution is 5.87. The van der Waals surface area contributed by atoms with Crippen molar-refractivity contribution in [1.29, 1.82) is 0 Å². The number of piperidine rings is 2. The Hall–Kier alpha value is -1.79. The number of amides is 1. The summed E-state index contributed by atoms with van der Waals surface area (Å²) in [6, 6.07) is 6.82. The van der Waals surface area contributed by atoms with Crippen molar-refractivity contribution in [2.24, 2.45) is 5.73 Å². The van der Waals surface area contributed by atoms with Gasteiger partial charge in [-0.25, -0.2) is 4.79 Å². The van der Waals surface area contributed by atoms with Gasteiger partial charge in [0.1, 0.15) is 11.9 Å². The van der Waals surface area contributed by atoms with Crippen LogP contribution in [0.25, 0.3) is 0 Å². The Morgan fingerprint density at radius 3 is 2.59 bits per heavy atom. The minimum atomic E-state index is -0.382. The SMILES string of the molecule is COc1ccc(C)cc1NC(=O)OC1CC2CCCC(C1)N2CCCCCCN. The Morgan fingerprint density at radius 2 is 1.90 bits per heavy atom. The normalized spacial score (nSPS) is 24.2. The fourth-order valence-electron chi connectivity index (χ4n) is 4.89. The molecule has 0 saturated carbocycles. The molecule has 3 rings (SSSR count). The van der Waals surface area contributed by atoms with Gasteiger partial charge in [-0.05, 0) is 63.4 Å². The first-order valence-corrected chi connectivity index (χ1v) is 11.2. The summed E-state index contributed by atoms with van der Waals surface area (Å²) in [4.78, 5) is 15.2. The van der Waals surface area contributed by atoms with Gasteiger partial charge in [0.15, 0.2) is 0 Å². The third-order valence-electron chi connectivity index (χ3n) is 6.32. The van der Waals surface area contributed by atoms with Gasteiger partial charge in [0.25, 0.3) is 0 Å². The molecule has 2 fully saturated rings. The maximum atomic E-state index is 12.5. The number of anilines is 1. The molecular formula is C23H37N3O3. The van der Waals surface area contributed by atoms with Crippen molar-refractivity contribution in [2.45, 2.75) is 82.9 Å². The predicted octanol–water partition coefficient (Wildman–Crippen LogP) is 4.46. The summed E-state index contributed by atoms with van der Waals surface area (Å²) in [7, 11) is 1.61. The van der Waals surface area contributed by atoms with Gasteiger partial charge >= 0.3 is 6.09 Å². The van der Waals surface area contributed by atoms with Gasteiger partial charge in [0, 0.05) is 24.9 Å². The van der Waals surface area contributed by atoms with Crippen LogP contribution in [0.2, 0.25) is 0 Å². The first-order valence-electron chi connectivity index (χ1n) is 11.2. The van der Waals surface area contributed by atoms with Crippen molar-refractivity contribution in [3.05, 3.63) is 23.8 Å². The van der Waals surface area contributed by atoms with Crippen LogP contribution in [0.4, 0.5) is 10.5 Å². The summed E-state index contributed by atoms with van der Waals surface area (Å²) in [5.74, 6) is 0.647. The summed E-state index contributed by atoms with van der Waals surface area (Å²) in [6.45, 7) is 3.95. The number of rotatable bonds is 9. The highest BCUT2D eigenvalue weighted by Gasteiger charge is 2.39. The first kappa shape index (κ1) is 21.9. The van der Waals surface area contributed by atoms with Gasteiger partial charge in [-0.15, -0.1) is 0 Å². The Morgan fingerprint density at radius 1 is 1.17 bits per heavy atom. The molecule has 162 valence electrons. The van der Waals surface area contributed by atoms with Crippen LogP contribution in [0.3, 0.4) is 0 Å². The van der Waals surface area contributed by atoms with Crippen molar-refractivity contribution < 1.29 is 14.3 Å². The van der Waals surface area contributed by atoms with Gasteiger partial charge in [0.05, 0.1) is 12.8 Å². The number of hydrogen-bond acceptors (Lipinski definition) is 5. The van der Waals surface area contributed by atoms with Crippen LogP contribution in [-0.2, 0) is 4.74 Å². The van der Waals surface area contributed by atoms with Crippen molar-refractivity contribution in [3.63, 3.8) is 0 Å². The first-order chi connectivity index (χ1) is 14.1. The van der Waals surface area contributed by atoms with E-state index in [9.17, 15) is 4.79 Å². The molecule has 0 radical (unpaired) electrons. The Balaban J connectivity index is 1.50. The van der Waals surface area contributed by atoms with Crippen LogP contribution in [0.1, 0.15) is 63.4 Å².